The molecule has 6 fully saturated rings. The molecule has 0 unspecified atom stereocenters. The molecule has 4 N–H and O–H groups in total. The fourth-order valence-corrected chi connectivity index (χ4v) is 6.12. The predicted molar refractivity (Wildman–Crippen MR) is 119 cm³/mol. The summed E-state index contributed by atoms with van der Waals surface area (Å²) in [6.07, 6.45) is -8.19. The summed E-state index contributed by atoms with van der Waals surface area (Å²) in [6.45, 7) is 14.2. The normalized spacial score (nSPS) is 53.0. The number of rotatable bonds is 0. The van der Waals surface area contributed by atoms with Gasteiger partial charge in [0.2, 0.25) is 0 Å². The van der Waals surface area contributed by atoms with Gasteiger partial charge in [-0.3, -0.25) is 0 Å². The highest BCUT2D eigenvalue weighted by atomic mass is 16.8. The summed E-state index contributed by atoms with van der Waals surface area (Å²) in [4.78, 5) is 0. The van der Waals surface area contributed by atoms with Crippen molar-refractivity contribution >= 4 is 0 Å². The number of fused-ring (bicyclic) bond motifs is 6. The molecule has 12 atom stereocenters. The zero-order chi connectivity index (χ0) is 26.6. The van der Waals surface area contributed by atoms with Crippen molar-refractivity contribution in [3.05, 3.63) is 0 Å². The highest BCUT2D eigenvalue weighted by molar-refractivity contribution is 5.08. The lowest BCUT2D eigenvalue weighted by molar-refractivity contribution is -0.185. The van der Waals surface area contributed by atoms with Crippen LogP contribution >= 0.6 is 0 Å². The molecule has 2 saturated carbocycles. The summed E-state index contributed by atoms with van der Waals surface area (Å²) in [7, 11) is 0. The maximum atomic E-state index is 10.1. The molecule has 208 valence electrons. The van der Waals surface area contributed by atoms with Crippen molar-refractivity contribution in [3.63, 3.8) is 0 Å². The van der Waals surface area contributed by atoms with E-state index in [2.05, 4.69) is 0 Å². The second-order valence-electron chi connectivity index (χ2n) is 12.2. The molecular weight excluding hydrogens is 480 g/mol. The largest absolute Gasteiger partial charge is 0.387 e. The van der Waals surface area contributed by atoms with Gasteiger partial charge in [-0.2, -0.15) is 0 Å². The highest BCUT2D eigenvalue weighted by Gasteiger charge is 2.64. The van der Waals surface area contributed by atoms with Crippen LogP contribution < -0.4 is 0 Å². The van der Waals surface area contributed by atoms with E-state index in [0.717, 1.165) is 0 Å². The van der Waals surface area contributed by atoms with Crippen LogP contribution in [0.4, 0.5) is 0 Å². The van der Waals surface area contributed by atoms with Crippen LogP contribution in [0.25, 0.3) is 0 Å². The summed E-state index contributed by atoms with van der Waals surface area (Å²) in [5, 5.41) is 40.4. The van der Waals surface area contributed by atoms with Crippen molar-refractivity contribution in [2.75, 3.05) is 0 Å². The van der Waals surface area contributed by atoms with Gasteiger partial charge in [0, 0.05) is 0 Å². The average molecular weight is 521 g/mol. The molecule has 6 rings (SSSR count). The molecule has 4 saturated heterocycles. The number of hydrogen-bond acceptors (Lipinski definition) is 12. The van der Waals surface area contributed by atoms with Crippen LogP contribution in [0.3, 0.4) is 0 Å². The quantitative estimate of drug-likeness (QED) is 0.326. The average Bonchev–Trinajstić information content (AvgIpc) is 3.44. The van der Waals surface area contributed by atoms with Crippen molar-refractivity contribution in [2.45, 2.75) is 152 Å². The van der Waals surface area contributed by atoms with E-state index < -0.39 is 96.4 Å². The first-order chi connectivity index (χ1) is 16.4. The summed E-state index contributed by atoms with van der Waals surface area (Å²) in [6, 6.07) is 0. The molecule has 12 heteroatoms. The second-order valence-corrected chi connectivity index (χ2v) is 12.2. The van der Waals surface area contributed by atoms with Gasteiger partial charge in [0.1, 0.15) is 73.2 Å². The minimum Gasteiger partial charge on any atom is -0.387 e. The van der Waals surface area contributed by atoms with Crippen LogP contribution in [0.5, 0.6) is 0 Å². The minimum absolute atomic E-state index is 0.426. The first kappa shape index (κ1) is 27.1. The Morgan fingerprint density at radius 3 is 0.611 bits per heavy atom. The number of aliphatic hydroxyl groups is 4. The lowest BCUT2D eigenvalue weighted by Crippen LogP contribution is -2.61. The maximum Gasteiger partial charge on any atom is 0.164 e. The van der Waals surface area contributed by atoms with E-state index in [-0.39, 0.29) is 0 Å². The second kappa shape index (κ2) is 8.51. The molecule has 4 aliphatic heterocycles. The summed E-state index contributed by atoms with van der Waals surface area (Å²) < 4.78 is 45.7. The standard InChI is InChI=1S/2C12H20O6/c2*1-11(2)15-7-5(13)6(14)8-10(9(7)17-11)18-12(3,4)16-8/h2*5-10,13-14H,1-4H3/t2*5-,6-,7+,8+,9-,10+/m10/s1. The molecule has 6 aliphatic rings. The number of ether oxygens (including phenoxy) is 8. The third-order valence-corrected chi connectivity index (χ3v) is 7.35. The molecular formula is C24H40O12. The van der Waals surface area contributed by atoms with E-state index in [1.807, 2.05) is 0 Å². The van der Waals surface area contributed by atoms with E-state index in [4.69, 9.17) is 37.9 Å². The Labute approximate surface area is 210 Å². The molecule has 12 nitrogen and oxygen atoms in total. The van der Waals surface area contributed by atoms with Gasteiger partial charge in [-0.15, -0.1) is 0 Å². The maximum absolute atomic E-state index is 10.1. The van der Waals surface area contributed by atoms with Gasteiger partial charge in [0.05, 0.1) is 0 Å². The molecule has 0 aromatic heterocycles. The van der Waals surface area contributed by atoms with Gasteiger partial charge in [0.15, 0.2) is 23.1 Å². The molecule has 4 heterocycles. The minimum atomic E-state index is -1.03. The van der Waals surface area contributed by atoms with Crippen molar-refractivity contribution in [2.24, 2.45) is 0 Å². The van der Waals surface area contributed by atoms with Gasteiger partial charge in [0.25, 0.3) is 0 Å². The van der Waals surface area contributed by atoms with Crippen LogP contribution in [0.1, 0.15) is 55.4 Å². The smallest absolute Gasteiger partial charge is 0.164 e. The number of hydrogen-bond donors (Lipinski definition) is 4. The first-order valence-electron chi connectivity index (χ1n) is 12.6. The monoisotopic (exact) mass is 520 g/mol. The van der Waals surface area contributed by atoms with E-state index in [9.17, 15) is 20.4 Å². The van der Waals surface area contributed by atoms with Crippen LogP contribution in [0, 0.1) is 0 Å². The lowest BCUT2D eigenvalue weighted by atomic mass is 9.85. The van der Waals surface area contributed by atoms with Gasteiger partial charge in [-0.05, 0) is 55.4 Å². The zero-order valence-electron chi connectivity index (χ0n) is 22.0. The third-order valence-electron chi connectivity index (χ3n) is 7.35. The highest BCUT2D eigenvalue weighted by Crippen LogP contribution is 2.46. The third kappa shape index (κ3) is 4.63. The van der Waals surface area contributed by atoms with Crippen LogP contribution in [0.2, 0.25) is 0 Å². The molecule has 0 radical (unpaired) electrons. The van der Waals surface area contributed by atoms with Crippen molar-refractivity contribution in [1.29, 1.82) is 0 Å². The predicted octanol–water partition coefficient (Wildman–Crippen LogP) is -0.476. The Bertz CT molecular complexity index is 709. The van der Waals surface area contributed by atoms with Crippen molar-refractivity contribution in [1.82, 2.24) is 0 Å². The van der Waals surface area contributed by atoms with Crippen molar-refractivity contribution in [3.8, 4) is 0 Å². The summed E-state index contributed by atoms with van der Waals surface area (Å²) >= 11 is 0. The van der Waals surface area contributed by atoms with Crippen molar-refractivity contribution < 1.29 is 58.3 Å². The first-order valence-corrected chi connectivity index (χ1v) is 12.6. The summed E-state index contributed by atoms with van der Waals surface area (Å²) in [5.41, 5.74) is 0. The van der Waals surface area contributed by atoms with Gasteiger partial charge < -0.3 is 58.3 Å². The van der Waals surface area contributed by atoms with E-state index in [0.29, 0.717) is 0 Å². The van der Waals surface area contributed by atoms with Gasteiger partial charge >= 0.3 is 0 Å². The molecule has 0 bridgehead atoms. The molecule has 36 heavy (non-hydrogen) atoms. The zero-order valence-corrected chi connectivity index (χ0v) is 22.0. The van der Waals surface area contributed by atoms with Crippen LogP contribution in [-0.2, 0) is 37.9 Å². The Balaban J connectivity index is 0.000000148. The Hall–Kier alpha value is -0.480. The van der Waals surface area contributed by atoms with Gasteiger partial charge in [-0.25, -0.2) is 0 Å². The topological polar surface area (TPSA) is 155 Å². The summed E-state index contributed by atoms with van der Waals surface area (Å²) in [5.74, 6) is -3.16. The SMILES string of the molecule is CC1(C)O[C@@H]2[C@@H]3OC(C)(C)O[C@@H]3[C@@H](O)[C@H](O)[C@H]2O1.CC1(C)O[C@@H]2[C@@H]3OC(C)(C)O[C@H]3[C@H](O)[C@@H](O)[C@@H]2O1. The number of aliphatic hydroxyl groups excluding tert-OH is 4. The Kier molecular flexibility index (Phi) is 6.40. The molecule has 0 aromatic carbocycles. The van der Waals surface area contributed by atoms with E-state index >= 15 is 0 Å². The fraction of sp³-hybridized carbons (Fsp3) is 1.00. The lowest BCUT2D eigenvalue weighted by Gasteiger charge is -2.38. The molecule has 0 aromatic rings. The molecule has 0 amide bonds. The molecule has 2 aliphatic carbocycles. The van der Waals surface area contributed by atoms with Crippen LogP contribution in [0.15, 0.2) is 0 Å². The molecule has 0 spiro atoms. The Morgan fingerprint density at radius 2 is 0.444 bits per heavy atom. The Morgan fingerprint density at radius 1 is 0.306 bits per heavy atom. The van der Waals surface area contributed by atoms with E-state index in [1.165, 1.54) is 0 Å². The fourth-order valence-electron chi connectivity index (χ4n) is 6.12. The van der Waals surface area contributed by atoms with E-state index in [1.54, 1.807) is 55.4 Å². The van der Waals surface area contributed by atoms with Gasteiger partial charge in [-0.1, -0.05) is 0 Å². The van der Waals surface area contributed by atoms with Crippen LogP contribution in [-0.4, -0.2) is 117 Å².